The fourth-order valence-corrected chi connectivity index (χ4v) is 4.98. The summed E-state index contributed by atoms with van der Waals surface area (Å²) in [6.45, 7) is 1.34. The third-order valence-corrected chi connectivity index (χ3v) is 7.03. The first-order chi connectivity index (χ1) is 16.3. The normalized spacial score (nSPS) is 11.9. The molecule has 1 amide bonds. The molecular weight excluding hydrogens is 456 g/mol. The van der Waals surface area contributed by atoms with Gasteiger partial charge in [0.1, 0.15) is 23.8 Å². The van der Waals surface area contributed by atoms with Gasteiger partial charge in [-0.05, 0) is 49.4 Å². The summed E-state index contributed by atoms with van der Waals surface area (Å²) in [6.07, 6.45) is 0. The molecule has 0 aliphatic heterocycles. The lowest BCUT2D eigenvalue weighted by atomic mass is 10.1. The van der Waals surface area contributed by atoms with Crippen molar-refractivity contribution < 1.29 is 27.4 Å². The number of methoxy groups -OCH3 is 3. The molecule has 0 aliphatic rings. The van der Waals surface area contributed by atoms with Crippen LogP contribution >= 0.6 is 0 Å². The highest BCUT2D eigenvalue weighted by molar-refractivity contribution is 7.92. The number of carbonyl (C=O) groups excluding carboxylic acids is 1. The van der Waals surface area contributed by atoms with Crippen LogP contribution in [0.5, 0.6) is 17.2 Å². The number of nitrogens with zero attached hydrogens (tertiary/aromatic N) is 1. The van der Waals surface area contributed by atoms with Gasteiger partial charge >= 0.3 is 0 Å². The first-order valence-corrected chi connectivity index (χ1v) is 12.0. The molecule has 3 aromatic carbocycles. The van der Waals surface area contributed by atoms with Crippen LogP contribution in [0, 0.1) is 0 Å². The number of hydrogen-bond donors (Lipinski definition) is 1. The van der Waals surface area contributed by atoms with Gasteiger partial charge in [-0.25, -0.2) is 8.42 Å². The monoisotopic (exact) mass is 484 g/mol. The Balaban J connectivity index is 1.94. The molecule has 34 heavy (non-hydrogen) atoms. The lowest BCUT2D eigenvalue weighted by molar-refractivity contribution is -0.120. The molecule has 0 unspecified atom stereocenters. The Bertz CT molecular complexity index is 1230. The van der Waals surface area contributed by atoms with E-state index in [1.807, 2.05) is 0 Å². The van der Waals surface area contributed by atoms with Crippen molar-refractivity contribution in [3.05, 3.63) is 78.4 Å². The van der Waals surface area contributed by atoms with Gasteiger partial charge in [-0.1, -0.05) is 30.3 Å². The second kappa shape index (κ2) is 10.9. The van der Waals surface area contributed by atoms with Crippen molar-refractivity contribution in [2.45, 2.75) is 17.9 Å². The van der Waals surface area contributed by atoms with Gasteiger partial charge < -0.3 is 19.5 Å². The van der Waals surface area contributed by atoms with Crippen LogP contribution in [0.15, 0.2) is 77.7 Å². The summed E-state index contributed by atoms with van der Waals surface area (Å²) >= 11 is 0. The van der Waals surface area contributed by atoms with Crippen molar-refractivity contribution in [1.29, 1.82) is 0 Å². The van der Waals surface area contributed by atoms with Gasteiger partial charge in [-0.15, -0.1) is 0 Å². The molecule has 0 bridgehead atoms. The third kappa shape index (κ3) is 5.43. The summed E-state index contributed by atoms with van der Waals surface area (Å²) < 4.78 is 44.2. The van der Waals surface area contributed by atoms with E-state index in [2.05, 4.69) is 5.32 Å². The zero-order valence-electron chi connectivity index (χ0n) is 19.5. The van der Waals surface area contributed by atoms with E-state index >= 15 is 0 Å². The number of hydrogen-bond acceptors (Lipinski definition) is 6. The quantitative estimate of drug-likeness (QED) is 0.471. The van der Waals surface area contributed by atoms with Gasteiger partial charge in [0.2, 0.25) is 5.91 Å². The second-order valence-electron chi connectivity index (χ2n) is 7.39. The van der Waals surface area contributed by atoms with Crippen molar-refractivity contribution in [2.75, 3.05) is 32.2 Å². The Hall–Kier alpha value is -3.72. The van der Waals surface area contributed by atoms with E-state index in [-0.39, 0.29) is 10.6 Å². The standard InChI is InChI=1S/C25H28N2O6S/c1-18(21-16-19(31-2)14-15-23(21)32-3)26-25(28)17-27(22-12-8-9-13-24(22)33-4)34(29,30)20-10-6-5-7-11-20/h5-16,18H,17H2,1-4H3,(H,26,28)/t18-/m0/s1. The minimum Gasteiger partial charge on any atom is -0.497 e. The maximum atomic E-state index is 13.5. The number of amides is 1. The number of carbonyl (C=O) groups is 1. The molecule has 3 rings (SSSR count). The smallest absolute Gasteiger partial charge is 0.264 e. The van der Waals surface area contributed by atoms with E-state index in [0.717, 1.165) is 4.31 Å². The molecule has 0 saturated carbocycles. The Kier molecular flexibility index (Phi) is 8.01. The maximum Gasteiger partial charge on any atom is 0.264 e. The highest BCUT2D eigenvalue weighted by Gasteiger charge is 2.30. The van der Waals surface area contributed by atoms with Crippen molar-refractivity contribution in [3.8, 4) is 17.2 Å². The molecular formula is C25H28N2O6S. The molecule has 0 aliphatic carbocycles. The lowest BCUT2D eigenvalue weighted by Crippen LogP contribution is -2.41. The molecule has 1 atom stereocenters. The number of benzene rings is 3. The van der Waals surface area contributed by atoms with Crippen LogP contribution in [0.1, 0.15) is 18.5 Å². The lowest BCUT2D eigenvalue weighted by Gasteiger charge is -2.26. The first kappa shape index (κ1) is 24.9. The Morgan fingerprint density at radius 1 is 0.882 bits per heavy atom. The summed E-state index contributed by atoms with van der Waals surface area (Å²) in [5.41, 5.74) is 0.959. The summed E-state index contributed by atoms with van der Waals surface area (Å²) in [4.78, 5) is 13.2. The Morgan fingerprint density at radius 2 is 1.53 bits per heavy atom. The minimum atomic E-state index is -4.06. The molecule has 1 N–H and O–H groups in total. The number of ether oxygens (including phenoxy) is 3. The second-order valence-corrected chi connectivity index (χ2v) is 9.26. The molecule has 0 radical (unpaired) electrons. The van der Waals surface area contributed by atoms with E-state index in [9.17, 15) is 13.2 Å². The van der Waals surface area contributed by atoms with Gasteiger partial charge in [0.25, 0.3) is 10.0 Å². The largest absolute Gasteiger partial charge is 0.497 e. The van der Waals surface area contributed by atoms with E-state index in [4.69, 9.17) is 14.2 Å². The first-order valence-electron chi connectivity index (χ1n) is 10.5. The number of para-hydroxylation sites is 2. The Labute approximate surface area is 200 Å². The van der Waals surface area contributed by atoms with Crippen molar-refractivity contribution >= 4 is 21.6 Å². The molecule has 0 heterocycles. The number of anilines is 1. The molecule has 8 nitrogen and oxygen atoms in total. The average molecular weight is 485 g/mol. The van der Waals surface area contributed by atoms with Crippen LogP contribution in [0.25, 0.3) is 0 Å². The molecule has 9 heteroatoms. The van der Waals surface area contributed by atoms with Crippen LogP contribution in [0.3, 0.4) is 0 Å². The average Bonchev–Trinajstić information content (AvgIpc) is 2.87. The molecule has 0 spiro atoms. The maximum absolute atomic E-state index is 13.5. The number of rotatable bonds is 10. The minimum absolute atomic E-state index is 0.0659. The molecule has 180 valence electrons. The third-order valence-electron chi connectivity index (χ3n) is 5.25. The molecule has 0 saturated heterocycles. The topological polar surface area (TPSA) is 94.2 Å². The predicted octanol–water partition coefficient (Wildman–Crippen LogP) is 3.79. The number of sulfonamides is 1. The van der Waals surface area contributed by atoms with Gasteiger partial charge in [0.15, 0.2) is 0 Å². The summed E-state index contributed by atoms with van der Waals surface area (Å²) in [5.74, 6) is 1.02. The van der Waals surface area contributed by atoms with Gasteiger partial charge in [-0.2, -0.15) is 0 Å². The molecule has 0 aromatic heterocycles. The van der Waals surface area contributed by atoms with E-state index in [0.29, 0.717) is 22.8 Å². The molecule has 3 aromatic rings. The van der Waals surface area contributed by atoms with Crippen LogP contribution in [0.2, 0.25) is 0 Å². The summed E-state index contributed by atoms with van der Waals surface area (Å²) in [6, 6.07) is 19.4. The Morgan fingerprint density at radius 3 is 2.18 bits per heavy atom. The van der Waals surface area contributed by atoms with Crippen LogP contribution in [-0.4, -0.2) is 42.2 Å². The van der Waals surface area contributed by atoms with Crippen LogP contribution in [-0.2, 0) is 14.8 Å². The summed E-state index contributed by atoms with van der Waals surface area (Å²) in [7, 11) is 0.477. The van der Waals surface area contributed by atoms with Crippen LogP contribution < -0.4 is 23.8 Å². The zero-order valence-corrected chi connectivity index (χ0v) is 20.3. The summed E-state index contributed by atoms with van der Waals surface area (Å²) in [5, 5.41) is 2.86. The highest BCUT2D eigenvalue weighted by Crippen LogP contribution is 2.33. The zero-order chi connectivity index (χ0) is 24.7. The fraction of sp³-hybridized carbons (Fsp3) is 0.240. The predicted molar refractivity (Wildman–Crippen MR) is 130 cm³/mol. The SMILES string of the molecule is COc1ccc(OC)c([C@H](C)NC(=O)CN(c2ccccc2OC)S(=O)(=O)c2ccccc2)c1. The van der Waals surface area contributed by atoms with E-state index < -0.39 is 28.5 Å². The highest BCUT2D eigenvalue weighted by atomic mass is 32.2. The van der Waals surface area contributed by atoms with E-state index in [1.165, 1.54) is 26.4 Å². The molecule has 0 fully saturated rings. The van der Waals surface area contributed by atoms with Crippen molar-refractivity contribution in [2.24, 2.45) is 0 Å². The number of nitrogens with one attached hydrogen (secondary N) is 1. The van der Waals surface area contributed by atoms with Gasteiger partial charge in [0, 0.05) is 5.56 Å². The van der Waals surface area contributed by atoms with Crippen molar-refractivity contribution in [3.63, 3.8) is 0 Å². The van der Waals surface area contributed by atoms with Gasteiger partial charge in [0.05, 0.1) is 38.0 Å². The van der Waals surface area contributed by atoms with E-state index in [1.54, 1.807) is 74.7 Å². The van der Waals surface area contributed by atoms with Crippen LogP contribution in [0.4, 0.5) is 5.69 Å². The fourth-order valence-electron chi connectivity index (χ4n) is 3.53. The van der Waals surface area contributed by atoms with Crippen molar-refractivity contribution in [1.82, 2.24) is 5.32 Å². The van der Waals surface area contributed by atoms with Gasteiger partial charge in [-0.3, -0.25) is 9.10 Å².